The lowest BCUT2D eigenvalue weighted by atomic mass is 10.2. The van der Waals surface area contributed by atoms with Gasteiger partial charge in [0.1, 0.15) is 16.3 Å². The van der Waals surface area contributed by atoms with E-state index in [0.29, 0.717) is 17.2 Å². The van der Waals surface area contributed by atoms with E-state index in [2.05, 4.69) is 0 Å². The molecule has 9 heteroatoms. The van der Waals surface area contributed by atoms with Crippen LogP contribution in [0, 0.1) is 11.3 Å². The molecule has 1 atom stereocenters. The van der Waals surface area contributed by atoms with Crippen molar-refractivity contribution in [1.82, 2.24) is 4.31 Å². The lowest BCUT2D eigenvalue weighted by Gasteiger charge is -2.21. The van der Waals surface area contributed by atoms with E-state index in [1.807, 2.05) is 0 Å². The Bertz CT molecular complexity index is 650. The highest BCUT2D eigenvalue weighted by Crippen LogP contribution is 2.32. The summed E-state index contributed by atoms with van der Waals surface area (Å²) in [5.41, 5.74) is 0. The first-order chi connectivity index (χ1) is 9.46. The molecule has 2 heterocycles. The van der Waals surface area contributed by atoms with Gasteiger partial charge in [0.25, 0.3) is 10.0 Å². The van der Waals surface area contributed by atoms with Crippen LogP contribution < -0.4 is 0 Å². The van der Waals surface area contributed by atoms with Gasteiger partial charge in [-0.15, -0.1) is 11.3 Å². The van der Waals surface area contributed by atoms with Crippen molar-refractivity contribution >= 4 is 38.9 Å². The van der Waals surface area contributed by atoms with Crippen molar-refractivity contribution in [3.05, 3.63) is 16.5 Å². The van der Waals surface area contributed by atoms with Gasteiger partial charge in [-0.2, -0.15) is 9.57 Å². The minimum absolute atomic E-state index is 0.0995. The van der Waals surface area contributed by atoms with Crippen LogP contribution in [0.2, 0.25) is 4.34 Å². The highest BCUT2D eigenvalue weighted by atomic mass is 35.5. The van der Waals surface area contributed by atoms with Crippen LogP contribution in [-0.2, 0) is 19.6 Å². The second kappa shape index (κ2) is 6.10. The Hall–Kier alpha value is -1.14. The molecule has 0 saturated carbocycles. The molecule has 0 unspecified atom stereocenters. The number of carbonyl (C=O) groups is 1. The van der Waals surface area contributed by atoms with E-state index in [1.54, 1.807) is 6.07 Å². The van der Waals surface area contributed by atoms with Gasteiger partial charge in [0.05, 0.1) is 4.34 Å². The second-order valence-electron chi connectivity index (χ2n) is 4.10. The van der Waals surface area contributed by atoms with E-state index in [9.17, 15) is 13.2 Å². The zero-order valence-corrected chi connectivity index (χ0v) is 12.7. The number of halogens is 1. The highest BCUT2D eigenvalue weighted by molar-refractivity contribution is 7.91. The number of hydrogen-bond acceptors (Lipinski definition) is 6. The summed E-state index contributed by atoms with van der Waals surface area (Å²) in [6, 6.07) is 3.73. The fraction of sp³-hybridized carbons (Fsp3) is 0.455. The predicted octanol–water partition coefficient (Wildman–Crippen LogP) is 1.62. The first-order valence-corrected chi connectivity index (χ1v) is 8.41. The van der Waals surface area contributed by atoms with E-state index in [0.717, 1.165) is 15.6 Å². The van der Waals surface area contributed by atoms with Crippen molar-refractivity contribution in [3.8, 4) is 6.07 Å². The standard InChI is InChI=1S/C11H11ClN2O4S2/c12-9-3-4-10(19-9)20(16,17)14-6-1-2-8(14)11(15)18-7-5-13/h3-4,8H,1-2,6-7H2/t8-/m0/s1. The average molecular weight is 335 g/mol. The lowest BCUT2D eigenvalue weighted by molar-refractivity contribution is -0.146. The Balaban J connectivity index is 2.22. The summed E-state index contributed by atoms with van der Waals surface area (Å²) in [6.07, 6.45) is 0.966. The summed E-state index contributed by atoms with van der Waals surface area (Å²) >= 11 is 6.69. The quantitative estimate of drug-likeness (QED) is 0.781. The fourth-order valence-corrected chi connectivity index (χ4v) is 5.27. The van der Waals surface area contributed by atoms with Crippen LogP contribution in [0.3, 0.4) is 0 Å². The Kier molecular flexibility index (Phi) is 4.65. The summed E-state index contributed by atoms with van der Waals surface area (Å²) in [5.74, 6) is -0.685. The first-order valence-electron chi connectivity index (χ1n) is 5.77. The summed E-state index contributed by atoms with van der Waals surface area (Å²) in [5, 5.41) is 8.39. The van der Waals surface area contributed by atoms with E-state index in [1.165, 1.54) is 12.1 Å². The third-order valence-electron chi connectivity index (χ3n) is 2.87. The Morgan fingerprint density at radius 3 is 2.95 bits per heavy atom. The number of carbonyl (C=O) groups excluding carboxylic acids is 1. The zero-order chi connectivity index (χ0) is 14.8. The number of ether oxygens (including phenoxy) is 1. The fourth-order valence-electron chi connectivity index (χ4n) is 2.01. The number of rotatable bonds is 4. The summed E-state index contributed by atoms with van der Waals surface area (Å²) in [7, 11) is -3.75. The largest absolute Gasteiger partial charge is 0.449 e. The number of sulfonamides is 1. The average Bonchev–Trinajstić information content (AvgIpc) is 3.04. The predicted molar refractivity (Wildman–Crippen MR) is 72.8 cm³/mol. The SMILES string of the molecule is N#CCOC(=O)[C@@H]1CCCN1S(=O)(=O)c1ccc(Cl)s1. The molecule has 0 amide bonds. The van der Waals surface area contributed by atoms with Gasteiger partial charge < -0.3 is 4.74 Å². The molecule has 0 aromatic carbocycles. The molecule has 108 valence electrons. The van der Waals surface area contributed by atoms with E-state index in [4.69, 9.17) is 21.6 Å². The topological polar surface area (TPSA) is 87.5 Å². The molecule has 0 spiro atoms. The van der Waals surface area contributed by atoms with Gasteiger partial charge in [0, 0.05) is 6.54 Å². The molecule has 0 aliphatic carbocycles. The van der Waals surface area contributed by atoms with Crippen LogP contribution in [0.15, 0.2) is 16.3 Å². The van der Waals surface area contributed by atoms with Crippen LogP contribution in [0.1, 0.15) is 12.8 Å². The third kappa shape index (κ3) is 2.96. The maximum absolute atomic E-state index is 12.4. The molecule has 6 nitrogen and oxygen atoms in total. The van der Waals surface area contributed by atoms with Crippen LogP contribution >= 0.6 is 22.9 Å². The molecular weight excluding hydrogens is 324 g/mol. The summed E-state index contributed by atoms with van der Waals surface area (Å²) < 4.78 is 31.2. The molecule has 1 fully saturated rings. The Morgan fingerprint density at radius 1 is 1.60 bits per heavy atom. The van der Waals surface area contributed by atoms with Gasteiger partial charge in [0.15, 0.2) is 6.61 Å². The maximum atomic E-state index is 12.4. The first kappa shape index (κ1) is 15.3. The molecular formula is C11H11ClN2O4S2. The zero-order valence-electron chi connectivity index (χ0n) is 10.3. The van der Waals surface area contributed by atoms with Crippen molar-refractivity contribution in [2.24, 2.45) is 0 Å². The van der Waals surface area contributed by atoms with Crippen LogP contribution in [0.4, 0.5) is 0 Å². The van der Waals surface area contributed by atoms with Gasteiger partial charge in [-0.3, -0.25) is 4.79 Å². The third-order valence-corrected chi connectivity index (χ3v) is 6.47. The molecule has 20 heavy (non-hydrogen) atoms. The van der Waals surface area contributed by atoms with E-state index >= 15 is 0 Å². The Labute approximate surface area is 125 Å². The molecule has 1 aliphatic heterocycles. The number of thiophene rings is 1. The minimum Gasteiger partial charge on any atom is -0.449 e. The van der Waals surface area contributed by atoms with Crippen molar-refractivity contribution in [1.29, 1.82) is 5.26 Å². The van der Waals surface area contributed by atoms with Gasteiger partial charge in [-0.1, -0.05) is 11.6 Å². The van der Waals surface area contributed by atoms with E-state index < -0.39 is 22.0 Å². The number of nitrogens with zero attached hydrogens (tertiary/aromatic N) is 2. The van der Waals surface area contributed by atoms with Crippen LogP contribution in [0.25, 0.3) is 0 Å². The van der Waals surface area contributed by atoms with Crippen molar-refractivity contribution in [3.63, 3.8) is 0 Å². The highest BCUT2D eigenvalue weighted by Gasteiger charge is 2.40. The molecule has 1 aromatic rings. The molecule has 0 bridgehead atoms. The van der Waals surface area contributed by atoms with Gasteiger partial charge in [-0.25, -0.2) is 8.42 Å². The van der Waals surface area contributed by atoms with Crippen LogP contribution in [0.5, 0.6) is 0 Å². The maximum Gasteiger partial charge on any atom is 0.325 e. The Morgan fingerprint density at radius 2 is 2.35 bits per heavy atom. The smallest absolute Gasteiger partial charge is 0.325 e. The normalized spacial score (nSPS) is 19.7. The minimum atomic E-state index is -3.75. The van der Waals surface area contributed by atoms with E-state index in [-0.39, 0.29) is 17.4 Å². The van der Waals surface area contributed by atoms with Gasteiger partial charge in [0.2, 0.25) is 0 Å². The van der Waals surface area contributed by atoms with Crippen molar-refractivity contribution < 1.29 is 17.9 Å². The lowest BCUT2D eigenvalue weighted by Crippen LogP contribution is -2.41. The van der Waals surface area contributed by atoms with Crippen molar-refractivity contribution in [2.45, 2.75) is 23.1 Å². The summed E-state index contributed by atoms with van der Waals surface area (Å²) in [4.78, 5) is 11.8. The monoisotopic (exact) mass is 334 g/mol. The molecule has 1 aromatic heterocycles. The molecule has 0 radical (unpaired) electrons. The molecule has 1 saturated heterocycles. The van der Waals surface area contributed by atoms with Gasteiger partial charge >= 0.3 is 5.97 Å². The van der Waals surface area contributed by atoms with Crippen molar-refractivity contribution in [2.75, 3.05) is 13.2 Å². The summed E-state index contributed by atoms with van der Waals surface area (Å²) in [6.45, 7) is -0.127. The molecule has 0 N–H and O–H groups in total. The number of nitriles is 1. The second-order valence-corrected chi connectivity index (χ2v) is 7.93. The van der Waals surface area contributed by atoms with Crippen LogP contribution in [-0.4, -0.2) is 37.9 Å². The number of hydrogen-bond donors (Lipinski definition) is 0. The van der Waals surface area contributed by atoms with Gasteiger partial charge in [-0.05, 0) is 25.0 Å². The number of esters is 1. The molecule has 1 aliphatic rings. The molecule has 2 rings (SSSR count).